The van der Waals surface area contributed by atoms with Gasteiger partial charge in [0.15, 0.2) is 0 Å². The molecule has 0 bridgehead atoms. The maximum Gasteiger partial charge on any atom is 0.333 e. The molecular weight excluding hydrogens is 438 g/mol. The molecule has 4 heterocycles. The first-order valence-corrected chi connectivity index (χ1v) is 10.8. The van der Waals surface area contributed by atoms with Crippen molar-refractivity contribution in [3.05, 3.63) is 48.3 Å². The fourth-order valence-corrected chi connectivity index (χ4v) is 4.70. The predicted molar refractivity (Wildman–Crippen MR) is 115 cm³/mol. The number of fused-ring (bicyclic) bond motifs is 1. The Morgan fingerprint density at radius 1 is 1.27 bits per heavy atom. The van der Waals surface area contributed by atoms with E-state index in [0.29, 0.717) is 26.8 Å². The van der Waals surface area contributed by atoms with Gasteiger partial charge in [-0.3, -0.25) is 4.98 Å². The lowest BCUT2D eigenvalue weighted by molar-refractivity contribution is 0.0566. The average Bonchev–Trinajstić information content (AvgIpc) is 3.48. The Morgan fingerprint density at radius 2 is 2.09 bits per heavy atom. The Hall–Kier alpha value is -3.17. The van der Waals surface area contributed by atoms with Crippen molar-refractivity contribution >= 4 is 16.7 Å². The van der Waals surface area contributed by atoms with Crippen LogP contribution in [0.3, 0.4) is 0 Å². The van der Waals surface area contributed by atoms with E-state index in [0.717, 1.165) is 11.3 Å². The number of hydrogen-bond acceptors (Lipinski definition) is 4. The standard InChI is InChI=1S/C23H23F4N5O/c1-13-20(14(2)33-30-13)15-7-19-21(28-8-15)18(16-9-29-32(10-16)22(25)26)11-31(19)12-23(27)5-3-17(24)4-6-23/h3,7-11,14,20,22H,4-6,12H2,1-2H3. The number of hydrogen-bond donors (Lipinski definition) is 0. The van der Waals surface area contributed by atoms with Crippen LogP contribution in [0.1, 0.15) is 51.1 Å². The van der Waals surface area contributed by atoms with Crippen LogP contribution in [-0.4, -0.2) is 36.8 Å². The third-order valence-corrected chi connectivity index (χ3v) is 6.45. The van der Waals surface area contributed by atoms with E-state index in [1.54, 1.807) is 17.0 Å². The highest BCUT2D eigenvalue weighted by molar-refractivity contribution is 5.95. The second-order valence-corrected chi connectivity index (χ2v) is 8.82. The minimum Gasteiger partial charge on any atom is -0.392 e. The van der Waals surface area contributed by atoms with Gasteiger partial charge in [-0.2, -0.15) is 13.9 Å². The molecule has 5 rings (SSSR count). The SMILES string of the molecule is CC1=NOC(C)C1c1cnc2c(-c3cnn(C(F)F)c3)cn(CC3(F)CC=C(F)CC3)c2c1. The summed E-state index contributed by atoms with van der Waals surface area (Å²) in [7, 11) is 0. The zero-order valence-electron chi connectivity index (χ0n) is 18.2. The molecule has 0 N–H and O–H groups in total. The summed E-state index contributed by atoms with van der Waals surface area (Å²) in [5.41, 5.74) is 2.30. The number of halogens is 4. The van der Waals surface area contributed by atoms with E-state index in [1.165, 1.54) is 18.5 Å². The predicted octanol–water partition coefficient (Wildman–Crippen LogP) is 5.92. The van der Waals surface area contributed by atoms with Crippen LogP contribution < -0.4 is 0 Å². The highest BCUT2D eigenvalue weighted by Crippen LogP contribution is 2.38. The van der Waals surface area contributed by atoms with Gasteiger partial charge in [-0.1, -0.05) is 5.16 Å². The molecule has 2 aliphatic rings. The monoisotopic (exact) mass is 461 g/mol. The van der Waals surface area contributed by atoms with Crippen molar-refractivity contribution in [2.24, 2.45) is 5.16 Å². The lowest BCUT2D eigenvalue weighted by Gasteiger charge is -2.28. The molecule has 3 atom stereocenters. The maximum atomic E-state index is 15.6. The van der Waals surface area contributed by atoms with Gasteiger partial charge in [0.25, 0.3) is 0 Å². The molecule has 6 nitrogen and oxygen atoms in total. The van der Waals surface area contributed by atoms with E-state index < -0.39 is 12.2 Å². The molecule has 1 aliphatic heterocycles. The number of alkyl halides is 3. The number of pyridine rings is 1. The van der Waals surface area contributed by atoms with Gasteiger partial charge in [0.05, 0.1) is 41.2 Å². The molecule has 0 saturated heterocycles. The summed E-state index contributed by atoms with van der Waals surface area (Å²) < 4.78 is 57.6. The second-order valence-electron chi connectivity index (χ2n) is 8.82. The van der Waals surface area contributed by atoms with Crippen LogP contribution in [0.25, 0.3) is 22.2 Å². The van der Waals surface area contributed by atoms with Crippen LogP contribution in [0.2, 0.25) is 0 Å². The van der Waals surface area contributed by atoms with E-state index >= 15 is 4.39 Å². The lowest BCUT2D eigenvalue weighted by Crippen LogP contribution is -2.30. The smallest absolute Gasteiger partial charge is 0.333 e. The van der Waals surface area contributed by atoms with Crippen molar-refractivity contribution in [3.63, 3.8) is 0 Å². The van der Waals surface area contributed by atoms with Crippen LogP contribution in [0.4, 0.5) is 17.6 Å². The Bertz CT molecular complexity index is 1260. The number of oxime groups is 1. The quantitative estimate of drug-likeness (QED) is 0.443. The van der Waals surface area contributed by atoms with Crippen molar-refractivity contribution < 1.29 is 22.4 Å². The van der Waals surface area contributed by atoms with Gasteiger partial charge in [0, 0.05) is 42.6 Å². The molecule has 0 fully saturated rings. The van der Waals surface area contributed by atoms with Gasteiger partial charge in [-0.15, -0.1) is 0 Å². The topological polar surface area (TPSA) is 57.2 Å². The number of aromatic nitrogens is 4. The summed E-state index contributed by atoms with van der Waals surface area (Å²) in [4.78, 5) is 10.0. The Balaban J connectivity index is 1.61. The van der Waals surface area contributed by atoms with Gasteiger partial charge in [-0.05, 0) is 38.0 Å². The fourth-order valence-electron chi connectivity index (χ4n) is 4.70. The number of nitrogens with zero attached hydrogens (tertiary/aromatic N) is 5. The van der Waals surface area contributed by atoms with Crippen molar-refractivity contribution in [2.75, 3.05) is 0 Å². The van der Waals surface area contributed by atoms with Crippen LogP contribution in [0.15, 0.2) is 47.9 Å². The third-order valence-electron chi connectivity index (χ3n) is 6.45. The molecule has 0 radical (unpaired) electrons. The average molecular weight is 461 g/mol. The summed E-state index contributed by atoms with van der Waals surface area (Å²) in [6, 6.07) is 1.92. The minimum atomic E-state index is -2.77. The molecular formula is C23H23F4N5O. The lowest BCUT2D eigenvalue weighted by atomic mass is 9.90. The second kappa shape index (κ2) is 8.00. The van der Waals surface area contributed by atoms with Gasteiger partial charge < -0.3 is 9.40 Å². The first kappa shape index (κ1) is 21.7. The summed E-state index contributed by atoms with van der Waals surface area (Å²) in [6.07, 6.45) is 7.23. The minimum absolute atomic E-state index is 0.00874. The Kier molecular flexibility index (Phi) is 5.25. The van der Waals surface area contributed by atoms with Crippen LogP contribution in [0.5, 0.6) is 0 Å². The van der Waals surface area contributed by atoms with E-state index in [9.17, 15) is 13.2 Å². The summed E-state index contributed by atoms with van der Waals surface area (Å²) in [5.74, 6) is -0.393. The largest absolute Gasteiger partial charge is 0.392 e. The normalized spacial score (nSPS) is 25.4. The Morgan fingerprint density at radius 3 is 2.73 bits per heavy atom. The maximum absolute atomic E-state index is 15.6. The molecule has 3 aromatic heterocycles. The van der Waals surface area contributed by atoms with Crippen molar-refractivity contribution in [1.82, 2.24) is 19.3 Å². The van der Waals surface area contributed by atoms with Crippen molar-refractivity contribution in [2.45, 2.75) is 63.9 Å². The fraction of sp³-hybridized carbons (Fsp3) is 0.435. The molecule has 174 valence electrons. The molecule has 1 aliphatic carbocycles. The molecule has 3 aromatic rings. The summed E-state index contributed by atoms with van der Waals surface area (Å²) in [6.45, 7) is 1.01. The summed E-state index contributed by atoms with van der Waals surface area (Å²) in [5, 5.41) is 7.78. The zero-order valence-corrected chi connectivity index (χ0v) is 18.2. The molecule has 0 amide bonds. The van der Waals surface area contributed by atoms with Gasteiger partial charge >= 0.3 is 6.55 Å². The first-order chi connectivity index (χ1) is 15.7. The molecule has 0 aromatic carbocycles. The van der Waals surface area contributed by atoms with Crippen molar-refractivity contribution in [3.8, 4) is 11.1 Å². The number of allylic oxidation sites excluding steroid dienone is 2. The molecule has 0 spiro atoms. The molecule has 3 unspecified atom stereocenters. The van der Waals surface area contributed by atoms with Crippen LogP contribution in [-0.2, 0) is 11.4 Å². The molecule has 10 heteroatoms. The Labute approximate surface area is 187 Å². The first-order valence-electron chi connectivity index (χ1n) is 10.8. The van der Waals surface area contributed by atoms with Gasteiger partial charge in [0.1, 0.15) is 11.8 Å². The van der Waals surface area contributed by atoms with Crippen LogP contribution >= 0.6 is 0 Å². The van der Waals surface area contributed by atoms with Crippen LogP contribution in [0, 0.1) is 0 Å². The van der Waals surface area contributed by atoms with E-state index in [4.69, 9.17) is 4.84 Å². The van der Waals surface area contributed by atoms with E-state index in [-0.39, 0.29) is 43.7 Å². The highest BCUT2D eigenvalue weighted by atomic mass is 19.3. The summed E-state index contributed by atoms with van der Waals surface area (Å²) >= 11 is 0. The van der Waals surface area contributed by atoms with E-state index in [1.807, 2.05) is 19.9 Å². The van der Waals surface area contributed by atoms with Gasteiger partial charge in [0.2, 0.25) is 0 Å². The molecule has 33 heavy (non-hydrogen) atoms. The van der Waals surface area contributed by atoms with Crippen molar-refractivity contribution in [1.29, 1.82) is 0 Å². The van der Waals surface area contributed by atoms with Gasteiger partial charge in [-0.25, -0.2) is 13.5 Å². The van der Waals surface area contributed by atoms with E-state index in [2.05, 4.69) is 15.2 Å². The molecule has 0 saturated carbocycles. The zero-order chi connectivity index (χ0) is 23.3. The third kappa shape index (κ3) is 3.91. The highest BCUT2D eigenvalue weighted by Gasteiger charge is 2.34. The number of rotatable bonds is 5.